The molecule has 0 amide bonds. The zero-order chi connectivity index (χ0) is 7.56. The van der Waals surface area contributed by atoms with Crippen LogP contribution in [0.4, 0.5) is 4.39 Å². The van der Waals surface area contributed by atoms with E-state index < -0.39 is 0 Å². The number of aryl methyl sites for hydroxylation is 1. The SMILES string of the molecule is Cc1cc([S+]=O)ccc1F. The van der Waals surface area contributed by atoms with E-state index in [0.717, 1.165) is 0 Å². The second-order valence-electron chi connectivity index (χ2n) is 1.99. The van der Waals surface area contributed by atoms with Crippen molar-refractivity contribution in [3.05, 3.63) is 29.6 Å². The molecule has 0 heterocycles. The van der Waals surface area contributed by atoms with Crippen molar-refractivity contribution >= 4 is 11.7 Å². The van der Waals surface area contributed by atoms with Crippen LogP contribution < -0.4 is 0 Å². The predicted molar refractivity (Wildman–Crippen MR) is 37.5 cm³/mol. The Bertz CT molecular complexity index is 260. The van der Waals surface area contributed by atoms with Gasteiger partial charge in [0.2, 0.25) is 0 Å². The van der Waals surface area contributed by atoms with Gasteiger partial charge in [-0.1, -0.05) is 0 Å². The molecule has 0 saturated heterocycles. The van der Waals surface area contributed by atoms with Crippen LogP contribution in [0.1, 0.15) is 5.56 Å². The molecule has 0 aromatic heterocycles. The molecule has 0 aliphatic heterocycles. The summed E-state index contributed by atoms with van der Waals surface area (Å²) in [6.07, 6.45) is 0. The van der Waals surface area contributed by atoms with Crippen LogP contribution in [-0.2, 0) is 15.9 Å². The van der Waals surface area contributed by atoms with Gasteiger partial charge in [0.25, 0.3) is 4.90 Å². The monoisotopic (exact) mass is 157 g/mol. The Labute approximate surface area is 62.4 Å². The molecule has 3 heteroatoms. The fourth-order valence-corrected chi connectivity index (χ4v) is 1.02. The van der Waals surface area contributed by atoms with Crippen molar-refractivity contribution in [2.24, 2.45) is 0 Å². The maximum Gasteiger partial charge on any atom is 0.505 e. The van der Waals surface area contributed by atoms with Gasteiger partial charge in [0.15, 0.2) is 0 Å². The van der Waals surface area contributed by atoms with Gasteiger partial charge in [0.1, 0.15) is 5.82 Å². The van der Waals surface area contributed by atoms with E-state index >= 15 is 0 Å². The minimum absolute atomic E-state index is 0.266. The average Bonchev–Trinajstić information content (AvgIpc) is 1.95. The highest BCUT2D eigenvalue weighted by Crippen LogP contribution is 2.08. The second-order valence-corrected chi connectivity index (χ2v) is 2.63. The molecule has 1 rings (SSSR count). The van der Waals surface area contributed by atoms with E-state index in [1.54, 1.807) is 6.92 Å². The Hall–Kier alpha value is -0.830. The fraction of sp³-hybridized carbons (Fsp3) is 0.143. The Kier molecular flexibility index (Phi) is 2.06. The van der Waals surface area contributed by atoms with E-state index in [-0.39, 0.29) is 5.82 Å². The van der Waals surface area contributed by atoms with Gasteiger partial charge in [-0.2, -0.15) is 0 Å². The van der Waals surface area contributed by atoms with E-state index in [4.69, 9.17) is 0 Å². The van der Waals surface area contributed by atoms with Gasteiger partial charge < -0.3 is 0 Å². The lowest BCUT2D eigenvalue weighted by atomic mass is 10.2. The summed E-state index contributed by atoms with van der Waals surface area (Å²) < 4.78 is 22.7. The third-order valence-corrected chi connectivity index (χ3v) is 1.67. The highest BCUT2D eigenvalue weighted by molar-refractivity contribution is 7.65. The smallest absolute Gasteiger partial charge is 0.207 e. The quantitative estimate of drug-likeness (QED) is 0.569. The first-order valence-electron chi connectivity index (χ1n) is 2.80. The standard InChI is InChI=1S/C7H6FOS/c1-5-4-6(10-9)2-3-7(5)8/h2-4H,1H3/q+1. The molecule has 52 valence electrons. The average molecular weight is 157 g/mol. The Morgan fingerprint density at radius 1 is 1.50 bits per heavy atom. The van der Waals surface area contributed by atoms with Crippen LogP contribution in [0.15, 0.2) is 23.1 Å². The van der Waals surface area contributed by atoms with Crippen molar-refractivity contribution in [3.63, 3.8) is 0 Å². The van der Waals surface area contributed by atoms with Crippen LogP contribution in [-0.4, -0.2) is 0 Å². The first-order valence-corrected chi connectivity index (χ1v) is 3.54. The summed E-state index contributed by atoms with van der Waals surface area (Å²) >= 11 is 0.375. The second kappa shape index (κ2) is 2.84. The van der Waals surface area contributed by atoms with Gasteiger partial charge in [-0.15, -0.1) is 0 Å². The summed E-state index contributed by atoms with van der Waals surface area (Å²) in [5, 5.41) is 0. The summed E-state index contributed by atoms with van der Waals surface area (Å²) in [6, 6.07) is 4.31. The maximum absolute atomic E-state index is 12.5. The van der Waals surface area contributed by atoms with E-state index in [1.807, 2.05) is 0 Å². The molecule has 0 aliphatic carbocycles. The van der Waals surface area contributed by atoms with Crippen molar-refractivity contribution in [1.82, 2.24) is 0 Å². The Balaban J connectivity index is 3.16. The molecule has 0 radical (unpaired) electrons. The molecule has 1 aromatic carbocycles. The van der Waals surface area contributed by atoms with Crippen molar-refractivity contribution in [1.29, 1.82) is 0 Å². The molecular weight excluding hydrogens is 151 g/mol. The van der Waals surface area contributed by atoms with Crippen molar-refractivity contribution in [2.75, 3.05) is 0 Å². The molecule has 1 nitrogen and oxygen atoms in total. The molecule has 0 atom stereocenters. The van der Waals surface area contributed by atoms with Gasteiger partial charge in [-0.05, 0) is 18.6 Å². The lowest BCUT2D eigenvalue weighted by Crippen LogP contribution is -1.82. The molecule has 0 unspecified atom stereocenters. The molecule has 0 fully saturated rings. The number of hydrogen-bond donors (Lipinski definition) is 0. The van der Waals surface area contributed by atoms with Gasteiger partial charge >= 0.3 is 11.7 Å². The fourth-order valence-electron chi connectivity index (χ4n) is 0.669. The zero-order valence-electron chi connectivity index (χ0n) is 5.43. The van der Waals surface area contributed by atoms with E-state index in [0.29, 0.717) is 22.1 Å². The first-order chi connectivity index (χ1) is 4.74. The molecule has 10 heavy (non-hydrogen) atoms. The first kappa shape index (κ1) is 7.28. The minimum atomic E-state index is -0.266. The summed E-state index contributed by atoms with van der Waals surface area (Å²) in [5.41, 5.74) is 0.515. The molecule has 0 bridgehead atoms. The molecule has 0 saturated carbocycles. The maximum atomic E-state index is 12.5. The number of rotatable bonds is 1. The molecular formula is C7H6FOS+. The van der Waals surface area contributed by atoms with Crippen molar-refractivity contribution in [3.8, 4) is 0 Å². The van der Waals surface area contributed by atoms with Gasteiger partial charge in [-0.25, -0.2) is 4.39 Å². The third kappa shape index (κ3) is 1.36. The predicted octanol–water partition coefficient (Wildman–Crippen LogP) is 1.92. The van der Waals surface area contributed by atoms with Crippen LogP contribution in [0, 0.1) is 12.7 Å². The summed E-state index contributed by atoms with van der Waals surface area (Å²) in [7, 11) is 0. The normalized spacial score (nSPS) is 9.40. The summed E-state index contributed by atoms with van der Waals surface area (Å²) in [5.74, 6) is -0.266. The minimum Gasteiger partial charge on any atom is -0.207 e. The molecule has 0 aliphatic rings. The van der Waals surface area contributed by atoms with Gasteiger partial charge in [-0.3, -0.25) is 0 Å². The van der Waals surface area contributed by atoms with Gasteiger partial charge in [0.05, 0.1) is 0 Å². The number of benzene rings is 1. The molecule has 0 spiro atoms. The largest absolute Gasteiger partial charge is 0.505 e. The Morgan fingerprint density at radius 2 is 2.20 bits per heavy atom. The summed E-state index contributed by atoms with van der Waals surface area (Å²) in [6.45, 7) is 1.63. The number of hydrogen-bond acceptors (Lipinski definition) is 1. The zero-order valence-corrected chi connectivity index (χ0v) is 6.24. The van der Waals surface area contributed by atoms with E-state index in [9.17, 15) is 8.60 Å². The third-order valence-electron chi connectivity index (χ3n) is 1.23. The molecule has 1 aromatic rings. The van der Waals surface area contributed by atoms with Crippen LogP contribution in [0.3, 0.4) is 0 Å². The van der Waals surface area contributed by atoms with E-state index in [1.165, 1.54) is 18.2 Å². The van der Waals surface area contributed by atoms with Crippen molar-refractivity contribution in [2.45, 2.75) is 11.8 Å². The van der Waals surface area contributed by atoms with Crippen LogP contribution in [0.25, 0.3) is 0 Å². The van der Waals surface area contributed by atoms with Gasteiger partial charge in [0, 0.05) is 16.3 Å². The highest BCUT2D eigenvalue weighted by atomic mass is 32.1. The van der Waals surface area contributed by atoms with Crippen molar-refractivity contribution < 1.29 is 8.60 Å². The Morgan fingerprint density at radius 3 is 2.70 bits per heavy atom. The lowest BCUT2D eigenvalue weighted by Gasteiger charge is -1.88. The highest BCUT2D eigenvalue weighted by Gasteiger charge is 2.07. The lowest BCUT2D eigenvalue weighted by molar-refractivity contribution is 0.603. The van der Waals surface area contributed by atoms with Crippen LogP contribution in [0.2, 0.25) is 0 Å². The van der Waals surface area contributed by atoms with E-state index in [2.05, 4.69) is 0 Å². The van der Waals surface area contributed by atoms with Crippen LogP contribution >= 0.6 is 0 Å². The number of halogens is 1. The summed E-state index contributed by atoms with van der Waals surface area (Å²) in [4.78, 5) is 0.555. The van der Waals surface area contributed by atoms with Crippen LogP contribution in [0.5, 0.6) is 0 Å². The molecule has 0 N–H and O–H groups in total. The topological polar surface area (TPSA) is 17.1 Å².